The van der Waals surface area contributed by atoms with Crippen LogP contribution in [0.4, 0.5) is 0 Å². The summed E-state index contributed by atoms with van der Waals surface area (Å²) >= 11 is 5.62. The lowest BCUT2D eigenvalue weighted by atomic mass is 10.2. The molecule has 15 heavy (non-hydrogen) atoms. The van der Waals surface area contributed by atoms with E-state index in [4.69, 9.17) is 11.6 Å². The number of nitrogens with zero attached hydrogens (tertiary/aromatic N) is 4. The van der Waals surface area contributed by atoms with E-state index in [0.29, 0.717) is 11.8 Å². The summed E-state index contributed by atoms with van der Waals surface area (Å²) in [5.74, 6) is 1.27. The summed E-state index contributed by atoms with van der Waals surface area (Å²) in [6, 6.07) is 1.78. The summed E-state index contributed by atoms with van der Waals surface area (Å²) < 4.78 is 1.67. The second-order valence-corrected chi connectivity index (χ2v) is 3.51. The first-order valence-corrected chi connectivity index (χ1v) is 5.30. The maximum atomic E-state index is 5.62. The molecule has 0 aromatic carbocycles. The molecule has 2 heterocycles. The van der Waals surface area contributed by atoms with Crippen molar-refractivity contribution in [2.45, 2.75) is 12.8 Å². The van der Waals surface area contributed by atoms with Crippen LogP contribution < -0.4 is 0 Å². The topological polar surface area (TPSA) is 43.6 Å². The van der Waals surface area contributed by atoms with Crippen LogP contribution >= 0.6 is 11.6 Å². The third-order valence-electron chi connectivity index (χ3n) is 1.99. The Morgan fingerprint density at radius 2 is 2.07 bits per heavy atom. The number of hydrogen-bond donors (Lipinski definition) is 0. The van der Waals surface area contributed by atoms with Crippen molar-refractivity contribution in [3.05, 3.63) is 36.4 Å². The van der Waals surface area contributed by atoms with E-state index in [0.717, 1.165) is 18.4 Å². The largest absolute Gasteiger partial charge is 0.250 e. The minimum absolute atomic E-state index is 0.592. The van der Waals surface area contributed by atoms with Gasteiger partial charge in [0, 0.05) is 24.5 Å². The zero-order valence-electron chi connectivity index (χ0n) is 8.17. The second-order valence-electron chi connectivity index (χ2n) is 3.13. The van der Waals surface area contributed by atoms with E-state index in [1.165, 1.54) is 0 Å². The van der Waals surface area contributed by atoms with Gasteiger partial charge in [-0.3, -0.25) is 0 Å². The van der Waals surface area contributed by atoms with Crippen LogP contribution in [0.1, 0.15) is 12.0 Å². The molecule has 0 aliphatic rings. The Morgan fingerprint density at radius 1 is 1.27 bits per heavy atom. The predicted octanol–water partition coefficient (Wildman–Crippen LogP) is 1.83. The fraction of sp³-hybridized carbons (Fsp3) is 0.300. The Morgan fingerprint density at radius 3 is 2.80 bits per heavy atom. The van der Waals surface area contributed by atoms with Crippen molar-refractivity contribution in [2.24, 2.45) is 0 Å². The first-order chi connectivity index (χ1) is 7.40. The van der Waals surface area contributed by atoms with E-state index in [1.54, 1.807) is 23.1 Å². The lowest BCUT2D eigenvalue weighted by Crippen LogP contribution is -1.99. The predicted molar refractivity (Wildman–Crippen MR) is 58.2 cm³/mol. The second kappa shape index (κ2) is 4.89. The number of aromatic nitrogens is 4. The quantitative estimate of drug-likeness (QED) is 0.742. The van der Waals surface area contributed by atoms with Crippen LogP contribution in [0.15, 0.2) is 30.9 Å². The van der Waals surface area contributed by atoms with E-state index in [9.17, 15) is 0 Å². The Kier molecular flexibility index (Phi) is 3.29. The molecule has 5 heteroatoms. The van der Waals surface area contributed by atoms with Gasteiger partial charge in [-0.1, -0.05) is 0 Å². The molecule has 0 fully saturated rings. The molecule has 2 aromatic rings. The molecule has 4 nitrogen and oxygen atoms in total. The van der Waals surface area contributed by atoms with Crippen molar-refractivity contribution in [1.29, 1.82) is 0 Å². The van der Waals surface area contributed by atoms with Gasteiger partial charge < -0.3 is 0 Å². The van der Waals surface area contributed by atoms with E-state index in [2.05, 4.69) is 15.1 Å². The van der Waals surface area contributed by atoms with Gasteiger partial charge in [0.25, 0.3) is 0 Å². The van der Waals surface area contributed by atoms with Gasteiger partial charge in [-0.15, -0.1) is 11.6 Å². The molecule has 0 unspecified atom stereocenters. The van der Waals surface area contributed by atoms with Gasteiger partial charge in [-0.05, 0) is 24.5 Å². The molecule has 0 aliphatic heterocycles. The monoisotopic (exact) mass is 222 g/mol. The Hall–Kier alpha value is -1.42. The molecular formula is C10H11ClN4. The standard InChI is InChI=1S/C10H11ClN4/c11-4-1-3-9-7-14-15(8-9)10-12-5-2-6-13-10/h2,5-8H,1,3-4H2. The number of rotatable bonds is 4. The molecule has 0 saturated carbocycles. The van der Waals surface area contributed by atoms with Crippen LogP contribution in [0, 0.1) is 0 Å². The first-order valence-electron chi connectivity index (χ1n) is 4.77. The summed E-state index contributed by atoms with van der Waals surface area (Å²) in [6.45, 7) is 0. The first kappa shape index (κ1) is 10.1. The zero-order chi connectivity index (χ0) is 10.5. The van der Waals surface area contributed by atoms with E-state index in [-0.39, 0.29) is 0 Å². The fourth-order valence-corrected chi connectivity index (χ4v) is 1.41. The zero-order valence-corrected chi connectivity index (χ0v) is 8.93. The van der Waals surface area contributed by atoms with Crippen molar-refractivity contribution in [3.63, 3.8) is 0 Å². The maximum absolute atomic E-state index is 5.62. The lowest BCUT2D eigenvalue weighted by Gasteiger charge is -1.96. The highest BCUT2D eigenvalue weighted by atomic mass is 35.5. The molecule has 0 amide bonds. The van der Waals surface area contributed by atoms with Crippen LogP contribution in [-0.4, -0.2) is 25.6 Å². The fourth-order valence-electron chi connectivity index (χ4n) is 1.28. The Labute approximate surface area is 92.9 Å². The maximum Gasteiger partial charge on any atom is 0.250 e. The van der Waals surface area contributed by atoms with Crippen LogP contribution in [0.3, 0.4) is 0 Å². The average Bonchev–Trinajstić information content (AvgIpc) is 2.76. The van der Waals surface area contributed by atoms with E-state index < -0.39 is 0 Å². The molecule has 0 atom stereocenters. The third-order valence-corrected chi connectivity index (χ3v) is 2.26. The smallest absolute Gasteiger partial charge is 0.220 e. The van der Waals surface area contributed by atoms with Crippen molar-refractivity contribution in [1.82, 2.24) is 19.7 Å². The summed E-state index contributed by atoms with van der Waals surface area (Å²) in [4.78, 5) is 8.21. The molecule has 0 saturated heterocycles. The molecule has 0 N–H and O–H groups in total. The van der Waals surface area contributed by atoms with Gasteiger partial charge in [0.15, 0.2) is 0 Å². The molecule has 2 rings (SSSR count). The van der Waals surface area contributed by atoms with Crippen molar-refractivity contribution >= 4 is 11.6 Å². The number of halogens is 1. The minimum atomic E-state index is 0.592. The summed E-state index contributed by atoms with van der Waals surface area (Å²) in [5.41, 5.74) is 1.16. The van der Waals surface area contributed by atoms with Crippen LogP contribution in [0.2, 0.25) is 0 Å². The van der Waals surface area contributed by atoms with Crippen LogP contribution in [0.5, 0.6) is 0 Å². The van der Waals surface area contributed by atoms with Crippen LogP contribution in [0.25, 0.3) is 5.95 Å². The van der Waals surface area contributed by atoms with Gasteiger partial charge >= 0.3 is 0 Å². The van der Waals surface area contributed by atoms with E-state index >= 15 is 0 Å². The highest BCUT2D eigenvalue weighted by Gasteiger charge is 2.01. The van der Waals surface area contributed by atoms with Gasteiger partial charge in [0.1, 0.15) is 0 Å². The van der Waals surface area contributed by atoms with Crippen molar-refractivity contribution < 1.29 is 0 Å². The molecular weight excluding hydrogens is 212 g/mol. The Bertz CT molecular complexity index is 412. The molecule has 0 radical (unpaired) electrons. The Balaban J connectivity index is 2.14. The van der Waals surface area contributed by atoms with Crippen LogP contribution in [-0.2, 0) is 6.42 Å². The van der Waals surface area contributed by atoms with E-state index in [1.807, 2.05) is 12.4 Å². The van der Waals surface area contributed by atoms with Crippen molar-refractivity contribution in [3.8, 4) is 5.95 Å². The van der Waals surface area contributed by atoms with Gasteiger partial charge in [0.05, 0.1) is 6.20 Å². The van der Waals surface area contributed by atoms with Crippen molar-refractivity contribution in [2.75, 3.05) is 5.88 Å². The highest BCUT2D eigenvalue weighted by Crippen LogP contribution is 2.05. The molecule has 0 aliphatic carbocycles. The average molecular weight is 223 g/mol. The molecule has 0 spiro atoms. The van der Waals surface area contributed by atoms with Gasteiger partial charge in [0.2, 0.25) is 5.95 Å². The summed E-state index contributed by atoms with van der Waals surface area (Å²) in [5, 5.41) is 4.19. The molecule has 2 aromatic heterocycles. The molecule has 78 valence electrons. The van der Waals surface area contributed by atoms with Gasteiger partial charge in [-0.2, -0.15) is 5.10 Å². The normalized spacial score (nSPS) is 10.5. The molecule has 0 bridgehead atoms. The lowest BCUT2D eigenvalue weighted by molar-refractivity contribution is 0.806. The summed E-state index contributed by atoms with van der Waals surface area (Å²) in [7, 11) is 0. The van der Waals surface area contributed by atoms with Gasteiger partial charge in [-0.25, -0.2) is 14.6 Å². The third kappa shape index (κ3) is 2.53. The number of hydrogen-bond acceptors (Lipinski definition) is 3. The summed E-state index contributed by atoms with van der Waals surface area (Å²) in [6.07, 6.45) is 9.05. The minimum Gasteiger partial charge on any atom is -0.220 e. The SMILES string of the molecule is ClCCCc1cnn(-c2ncccn2)c1. The number of alkyl halides is 1. The highest BCUT2D eigenvalue weighted by molar-refractivity contribution is 6.17. The number of aryl methyl sites for hydroxylation is 1.